The molecule has 1 heterocycles. The van der Waals surface area contributed by atoms with Gasteiger partial charge in [-0.05, 0) is 22.3 Å². The van der Waals surface area contributed by atoms with Crippen molar-refractivity contribution in [2.75, 3.05) is 0 Å². The molecule has 1 aliphatic heterocycles. The summed E-state index contributed by atoms with van der Waals surface area (Å²) in [6, 6.07) is 15.9. The SMILES string of the molecule is O=C1CC(C2c3ccccc3-c3ccccc32)C(=O)N1O. The zero-order valence-corrected chi connectivity index (χ0v) is 11.2. The molecule has 1 fully saturated rings. The van der Waals surface area contributed by atoms with E-state index in [0.717, 1.165) is 22.3 Å². The van der Waals surface area contributed by atoms with E-state index in [9.17, 15) is 14.8 Å². The first-order valence-electron chi connectivity index (χ1n) is 6.92. The molecule has 21 heavy (non-hydrogen) atoms. The lowest BCUT2D eigenvalue weighted by Gasteiger charge is -2.18. The Balaban J connectivity index is 1.90. The van der Waals surface area contributed by atoms with Gasteiger partial charge in [-0.2, -0.15) is 5.06 Å². The number of nitrogens with zero attached hydrogens (tertiary/aromatic N) is 1. The maximum absolute atomic E-state index is 12.2. The van der Waals surface area contributed by atoms with E-state index in [1.807, 2.05) is 48.5 Å². The molecule has 0 bridgehead atoms. The Morgan fingerprint density at radius 2 is 1.43 bits per heavy atom. The maximum Gasteiger partial charge on any atom is 0.257 e. The fourth-order valence-electron chi connectivity index (χ4n) is 3.53. The number of rotatable bonds is 1. The zero-order chi connectivity index (χ0) is 14.6. The molecule has 4 heteroatoms. The molecular formula is C17H13NO3. The number of benzene rings is 2. The first kappa shape index (κ1) is 12.3. The molecule has 2 aliphatic rings. The third-order valence-electron chi connectivity index (χ3n) is 4.44. The minimum Gasteiger partial charge on any atom is -0.279 e. The van der Waals surface area contributed by atoms with Gasteiger partial charge < -0.3 is 0 Å². The molecule has 4 nitrogen and oxygen atoms in total. The van der Waals surface area contributed by atoms with Crippen molar-refractivity contribution in [3.63, 3.8) is 0 Å². The topological polar surface area (TPSA) is 57.6 Å². The monoisotopic (exact) mass is 279 g/mol. The lowest BCUT2D eigenvalue weighted by Crippen LogP contribution is -2.28. The van der Waals surface area contributed by atoms with Crippen molar-refractivity contribution in [2.24, 2.45) is 5.92 Å². The van der Waals surface area contributed by atoms with Gasteiger partial charge in [0.15, 0.2) is 0 Å². The van der Waals surface area contributed by atoms with Crippen LogP contribution in [0.15, 0.2) is 48.5 Å². The normalized spacial score (nSPS) is 20.8. The van der Waals surface area contributed by atoms with Gasteiger partial charge in [0.05, 0.1) is 5.92 Å². The van der Waals surface area contributed by atoms with Gasteiger partial charge >= 0.3 is 0 Å². The molecule has 4 rings (SSSR count). The number of carbonyl (C=O) groups is 2. The molecule has 104 valence electrons. The Labute approximate surface area is 121 Å². The number of hydrogen-bond acceptors (Lipinski definition) is 3. The van der Waals surface area contributed by atoms with E-state index in [0.29, 0.717) is 0 Å². The van der Waals surface area contributed by atoms with Crippen LogP contribution in [-0.2, 0) is 9.59 Å². The smallest absolute Gasteiger partial charge is 0.257 e. The number of carbonyl (C=O) groups excluding carboxylic acids is 2. The summed E-state index contributed by atoms with van der Waals surface area (Å²) >= 11 is 0. The maximum atomic E-state index is 12.2. The van der Waals surface area contributed by atoms with Gasteiger partial charge in [-0.1, -0.05) is 48.5 Å². The summed E-state index contributed by atoms with van der Waals surface area (Å²) in [5, 5.41) is 9.80. The van der Waals surface area contributed by atoms with Crippen LogP contribution in [0.5, 0.6) is 0 Å². The second kappa shape index (κ2) is 4.27. The Kier molecular flexibility index (Phi) is 2.50. The summed E-state index contributed by atoms with van der Waals surface area (Å²) in [6.07, 6.45) is 0.0582. The molecule has 0 radical (unpaired) electrons. The molecule has 1 aliphatic carbocycles. The van der Waals surface area contributed by atoms with Crippen LogP contribution in [0, 0.1) is 5.92 Å². The van der Waals surface area contributed by atoms with E-state index < -0.39 is 17.7 Å². The molecular weight excluding hydrogens is 266 g/mol. The highest BCUT2D eigenvalue weighted by atomic mass is 16.5. The second-order valence-corrected chi connectivity index (χ2v) is 5.51. The molecule has 0 aromatic heterocycles. The van der Waals surface area contributed by atoms with Crippen molar-refractivity contribution in [1.82, 2.24) is 5.06 Å². The van der Waals surface area contributed by atoms with Crippen molar-refractivity contribution in [3.05, 3.63) is 59.7 Å². The quantitative estimate of drug-likeness (QED) is 0.644. The minimum absolute atomic E-state index is 0.0582. The molecule has 0 saturated carbocycles. The van der Waals surface area contributed by atoms with Crippen molar-refractivity contribution in [1.29, 1.82) is 0 Å². The van der Waals surface area contributed by atoms with Crippen LogP contribution in [0.25, 0.3) is 11.1 Å². The van der Waals surface area contributed by atoms with Crippen LogP contribution in [0.2, 0.25) is 0 Å². The minimum atomic E-state index is -0.521. The number of fused-ring (bicyclic) bond motifs is 3. The summed E-state index contributed by atoms with van der Waals surface area (Å²) < 4.78 is 0. The zero-order valence-electron chi connectivity index (χ0n) is 11.2. The summed E-state index contributed by atoms with van der Waals surface area (Å²) in [5.41, 5.74) is 4.32. The summed E-state index contributed by atoms with van der Waals surface area (Å²) in [4.78, 5) is 23.8. The van der Waals surface area contributed by atoms with Gasteiger partial charge in [-0.25, -0.2) is 0 Å². The Hall–Kier alpha value is -2.46. The highest BCUT2D eigenvalue weighted by molar-refractivity contribution is 6.03. The molecule has 2 amide bonds. The predicted molar refractivity (Wildman–Crippen MR) is 75.5 cm³/mol. The molecule has 1 saturated heterocycles. The van der Waals surface area contributed by atoms with Gasteiger partial charge in [0.25, 0.3) is 11.8 Å². The van der Waals surface area contributed by atoms with E-state index >= 15 is 0 Å². The van der Waals surface area contributed by atoms with Crippen LogP contribution in [0.4, 0.5) is 0 Å². The average molecular weight is 279 g/mol. The largest absolute Gasteiger partial charge is 0.279 e. The average Bonchev–Trinajstić information content (AvgIpc) is 2.97. The van der Waals surface area contributed by atoms with E-state index in [1.54, 1.807) is 0 Å². The molecule has 2 aromatic rings. The van der Waals surface area contributed by atoms with E-state index in [2.05, 4.69) is 0 Å². The Bertz CT molecular complexity index is 723. The molecule has 1 atom stereocenters. The third-order valence-corrected chi connectivity index (χ3v) is 4.44. The summed E-state index contributed by atoms with van der Waals surface area (Å²) in [6.45, 7) is 0. The Morgan fingerprint density at radius 1 is 0.905 bits per heavy atom. The van der Waals surface area contributed by atoms with Crippen molar-refractivity contribution in [3.8, 4) is 11.1 Å². The van der Waals surface area contributed by atoms with Crippen LogP contribution in [-0.4, -0.2) is 22.1 Å². The standard InChI is InChI=1S/C17H13NO3/c19-15-9-14(17(20)18(15)21)16-12-7-3-1-5-10(12)11-6-2-4-8-13(11)16/h1-8,14,16,21H,9H2. The highest BCUT2D eigenvalue weighted by Crippen LogP contribution is 2.50. The highest BCUT2D eigenvalue weighted by Gasteiger charge is 2.46. The number of amides is 2. The first-order chi connectivity index (χ1) is 10.2. The van der Waals surface area contributed by atoms with Gasteiger partial charge in [-0.15, -0.1) is 0 Å². The number of hydroxylamine groups is 2. The van der Waals surface area contributed by atoms with Gasteiger partial charge in [-0.3, -0.25) is 14.8 Å². The van der Waals surface area contributed by atoms with Gasteiger partial charge in [0, 0.05) is 12.3 Å². The van der Waals surface area contributed by atoms with Crippen LogP contribution >= 0.6 is 0 Å². The lowest BCUT2D eigenvalue weighted by atomic mass is 9.83. The van der Waals surface area contributed by atoms with E-state index in [4.69, 9.17) is 0 Å². The van der Waals surface area contributed by atoms with Gasteiger partial charge in [0.2, 0.25) is 0 Å². The van der Waals surface area contributed by atoms with Crippen LogP contribution < -0.4 is 0 Å². The van der Waals surface area contributed by atoms with E-state index in [1.165, 1.54) is 0 Å². The first-order valence-corrected chi connectivity index (χ1v) is 6.92. The van der Waals surface area contributed by atoms with Crippen molar-refractivity contribution < 1.29 is 14.8 Å². The van der Waals surface area contributed by atoms with Gasteiger partial charge in [0.1, 0.15) is 0 Å². The molecule has 1 unspecified atom stereocenters. The summed E-state index contributed by atoms with van der Waals surface area (Å²) in [5.74, 6) is -1.71. The number of imide groups is 1. The molecule has 0 spiro atoms. The van der Waals surface area contributed by atoms with Crippen molar-refractivity contribution in [2.45, 2.75) is 12.3 Å². The lowest BCUT2D eigenvalue weighted by molar-refractivity contribution is -0.172. The molecule has 2 aromatic carbocycles. The van der Waals surface area contributed by atoms with Crippen LogP contribution in [0.1, 0.15) is 23.5 Å². The summed E-state index contributed by atoms with van der Waals surface area (Å²) in [7, 11) is 0. The fraction of sp³-hybridized carbons (Fsp3) is 0.176. The van der Waals surface area contributed by atoms with E-state index in [-0.39, 0.29) is 17.4 Å². The van der Waals surface area contributed by atoms with Crippen LogP contribution in [0.3, 0.4) is 0 Å². The predicted octanol–water partition coefficient (Wildman–Crippen LogP) is 2.56. The fourth-order valence-corrected chi connectivity index (χ4v) is 3.53. The second-order valence-electron chi connectivity index (χ2n) is 5.51. The molecule has 1 N–H and O–H groups in total. The third kappa shape index (κ3) is 1.59. The number of hydrogen-bond donors (Lipinski definition) is 1. The van der Waals surface area contributed by atoms with Crippen molar-refractivity contribution >= 4 is 11.8 Å². The Morgan fingerprint density at radius 3 is 1.90 bits per heavy atom.